The van der Waals surface area contributed by atoms with Crippen molar-refractivity contribution in [3.8, 4) is 5.88 Å². The number of aromatic nitrogens is 2. The number of nitrogens with two attached hydrogens (primary N) is 1. The molecular formula is C14H22N4O3. The van der Waals surface area contributed by atoms with Crippen LogP contribution in [0.3, 0.4) is 0 Å². The summed E-state index contributed by atoms with van der Waals surface area (Å²) in [6.45, 7) is 4.26. The van der Waals surface area contributed by atoms with E-state index in [0.29, 0.717) is 24.2 Å². The van der Waals surface area contributed by atoms with Gasteiger partial charge in [0.25, 0.3) is 5.91 Å². The molecule has 21 heavy (non-hydrogen) atoms. The summed E-state index contributed by atoms with van der Waals surface area (Å²) in [7, 11) is 1.45. The number of anilines is 1. The number of amides is 1. The van der Waals surface area contributed by atoms with Crippen LogP contribution in [0.15, 0.2) is 0 Å². The van der Waals surface area contributed by atoms with Crippen LogP contribution in [0.25, 0.3) is 0 Å². The molecule has 2 heterocycles. The minimum Gasteiger partial charge on any atom is -0.480 e. The van der Waals surface area contributed by atoms with Gasteiger partial charge < -0.3 is 20.5 Å². The van der Waals surface area contributed by atoms with E-state index >= 15 is 0 Å². The van der Waals surface area contributed by atoms with Crippen LogP contribution in [0, 0.1) is 0 Å². The van der Waals surface area contributed by atoms with Crippen LogP contribution in [0.1, 0.15) is 49.2 Å². The first-order valence-electron chi connectivity index (χ1n) is 7.22. The van der Waals surface area contributed by atoms with Crippen molar-refractivity contribution >= 4 is 11.9 Å². The molecule has 2 rings (SSSR count). The zero-order valence-electron chi connectivity index (χ0n) is 12.7. The van der Waals surface area contributed by atoms with Crippen molar-refractivity contribution in [2.24, 2.45) is 0 Å². The quantitative estimate of drug-likeness (QED) is 0.810. The third-order valence-electron chi connectivity index (χ3n) is 3.80. The number of hydrogen-bond donors (Lipinski definition) is 2. The third kappa shape index (κ3) is 2.78. The summed E-state index contributed by atoms with van der Waals surface area (Å²) in [4.78, 5) is 22.4. The van der Waals surface area contributed by atoms with Crippen LogP contribution in [0.4, 0.5) is 5.95 Å². The lowest BCUT2D eigenvalue weighted by Crippen LogP contribution is -2.43. The van der Waals surface area contributed by atoms with E-state index in [1.54, 1.807) is 4.90 Å². The minimum absolute atomic E-state index is 0.0864. The maximum absolute atomic E-state index is 12.6. The second-order valence-corrected chi connectivity index (χ2v) is 5.18. The highest BCUT2D eigenvalue weighted by Crippen LogP contribution is 2.32. The molecule has 3 N–H and O–H groups in total. The number of nitrogen functional groups attached to an aromatic ring is 1. The molecule has 0 fully saturated rings. The topological polar surface area (TPSA) is 102 Å². The summed E-state index contributed by atoms with van der Waals surface area (Å²) in [5.41, 5.74) is 6.56. The van der Waals surface area contributed by atoms with Gasteiger partial charge in [0.2, 0.25) is 11.8 Å². The van der Waals surface area contributed by atoms with Crippen molar-refractivity contribution < 1.29 is 14.6 Å². The van der Waals surface area contributed by atoms with Crippen molar-refractivity contribution in [3.63, 3.8) is 0 Å². The molecule has 1 aliphatic rings. The van der Waals surface area contributed by atoms with Crippen LogP contribution >= 0.6 is 0 Å². The number of rotatable bonds is 6. The number of fused-ring (bicyclic) bond motifs is 1. The van der Waals surface area contributed by atoms with E-state index in [1.807, 2.05) is 13.8 Å². The number of aliphatic hydroxyl groups is 1. The number of hydrogen-bond acceptors (Lipinski definition) is 6. The third-order valence-corrected chi connectivity index (χ3v) is 3.80. The lowest BCUT2D eigenvalue weighted by Gasteiger charge is -2.31. The maximum atomic E-state index is 12.6. The molecule has 1 aliphatic heterocycles. The number of methoxy groups -OCH3 is 1. The summed E-state index contributed by atoms with van der Waals surface area (Å²) in [5, 5.41) is 10.2. The summed E-state index contributed by atoms with van der Waals surface area (Å²) in [6, 6.07) is -0.229. The Morgan fingerprint density at radius 2 is 2.14 bits per heavy atom. The number of nitrogens with zero attached hydrogens (tertiary/aromatic N) is 3. The normalized spacial score (nSPS) is 16.8. The van der Waals surface area contributed by atoms with Gasteiger partial charge in [-0.15, -0.1) is 0 Å². The monoisotopic (exact) mass is 294 g/mol. The summed E-state index contributed by atoms with van der Waals surface area (Å²) in [5.74, 6) is 0.0855. The zero-order chi connectivity index (χ0) is 15.6. The molecule has 0 bridgehead atoms. The molecule has 0 saturated carbocycles. The van der Waals surface area contributed by atoms with Gasteiger partial charge in [-0.25, -0.2) is 4.98 Å². The molecule has 116 valence electrons. The first-order chi connectivity index (χ1) is 10.0. The molecule has 1 unspecified atom stereocenters. The molecule has 0 saturated heterocycles. The molecule has 1 amide bonds. The molecule has 7 heteroatoms. The fourth-order valence-electron chi connectivity index (χ4n) is 2.75. The van der Waals surface area contributed by atoms with E-state index in [1.165, 1.54) is 7.11 Å². The van der Waals surface area contributed by atoms with Gasteiger partial charge in [-0.3, -0.25) is 4.79 Å². The predicted octanol–water partition coefficient (Wildman–Crippen LogP) is 0.963. The maximum Gasteiger partial charge on any atom is 0.261 e. The van der Waals surface area contributed by atoms with E-state index in [-0.39, 0.29) is 23.8 Å². The highest BCUT2D eigenvalue weighted by molar-refractivity contribution is 6.00. The van der Waals surface area contributed by atoms with Gasteiger partial charge >= 0.3 is 0 Å². The van der Waals surface area contributed by atoms with Gasteiger partial charge in [0.1, 0.15) is 5.56 Å². The van der Waals surface area contributed by atoms with Crippen molar-refractivity contribution in [2.75, 3.05) is 12.8 Å². The number of aliphatic hydroxyl groups excluding tert-OH is 1. The van der Waals surface area contributed by atoms with Crippen LogP contribution in [-0.4, -0.2) is 45.1 Å². The molecule has 1 aromatic heterocycles. The lowest BCUT2D eigenvalue weighted by molar-refractivity contribution is 0.0326. The Bertz CT molecular complexity index is 535. The van der Waals surface area contributed by atoms with E-state index in [9.17, 15) is 9.90 Å². The minimum atomic E-state index is -0.556. The molecule has 0 spiro atoms. The average Bonchev–Trinajstić information content (AvgIpc) is 2.79. The average molecular weight is 294 g/mol. The molecule has 7 nitrogen and oxygen atoms in total. The Labute approximate surface area is 124 Å². The second-order valence-electron chi connectivity index (χ2n) is 5.18. The lowest BCUT2D eigenvalue weighted by atomic mass is 10.0. The number of carbonyl (C=O) groups excluding carboxylic acids is 1. The van der Waals surface area contributed by atoms with Crippen molar-refractivity contribution in [2.45, 2.75) is 51.8 Å². The van der Waals surface area contributed by atoms with Crippen LogP contribution in [0.5, 0.6) is 5.88 Å². The highest BCUT2D eigenvalue weighted by Gasteiger charge is 2.39. The summed E-state index contributed by atoms with van der Waals surface area (Å²) >= 11 is 0. The Morgan fingerprint density at radius 3 is 2.71 bits per heavy atom. The van der Waals surface area contributed by atoms with Crippen molar-refractivity contribution in [3.05, 3.63) is 11.3 Å². The first kappa shape index (κ1) is 15.5. The Hall–Kier alpha value is -1.89. The molecule has 1 aromatic rings. The predicted molar refractivity (Wildman–Crippen MR) is 77.9 cm³/mol. The van der Waals surface area contributed by atoms with E-state index in [4.69, 9.17) is 10.5 Å². The highest BCUT2D eigenvalue weighted by atomic mass is 16.5. The molecule has 0 aromatic carbocycles. The van der Waals surface area contributed by atoms with Gasteiger partial charge in [0.15, 0.2) is 0 Å². The SMILES string of the molecule is CCCC([C@H](O)CC)N1Cc2nc(N)nc(OC)c2C1=O. The van der Waals surface area contributed by atoms with Gasteiger partial charge in [-0.2, -0.15) is 4.98 Å². The van der Waals surface area contributed by atoms with Crippen LogP contribution < -0.4 is 10.5 Å². The smallest absolute Gasteiger partial charge is 0.261 e. The Balaban J connectivity index is 2.36. The molecule has 0 radical (unpaired) electrons. The Morgan fingerprint density at radius 1 is 1.43 bits per heavy atom. The zero-order valence-corrected chi connectivity index (χ0v) is 12.7. The number of ether oxygens (including phenoxy) is 1. The standard InChI is InChI=1S/C14H22N4O3/c1-4-6-9(10(19)5-2)18-7-8-11(13(18)20)12(21-3)17-14(15)16-8/h9-10,19H,4-7H2,1-3H3,(H2,15,16,17)/t9?,10-/m1/s1. The van der Waals surface area contributed by atoms with Crippen molar-refractivity contribution in [1.82, 2.24) is 14.9 Å². The van der Waals surface area contributed by atoms with Gasteiger partial charge in [0, 0.05) is 0 Å². The van der Waals surface area contributed by atoms with E-state index in [0.717, 1.165) is 12.8 Å². The van der Waals surface area contributed by atoms with Gasteiger partial charge in [0.05, 0.1) is 31.5 Å². The molecule has 0 aliphatic carbocycles. The van der Waals surface area contributed by atoms with E-state index in [2.05, 4.69) is 9.97 Å². The summed E-state index contributed by atoms with van der Waals surface area (Å²) < 4.78 is 5.14. The fourth-order valence-corrected chi connectivity index (χ4v) is 2.75. The number of carbonyl (C=O) groups is 1. The summed E-state index contributed by atoms with van der Waals surface area (Å²) in [6.07, 6.45) is 1.65. The van der Waals surface area contributed by atoms with E-state index < -0.39 is 6.10 Å². The fraction of sp³-hybridized carbons (Fsp3) is 0.643. The van der Waals surface area contributed by atoms with Gasteiger partial charge in [-0.05, 0) is 12.8 Å². The first-order valence-corrected chi connectivity index (χ1v) is 7.22. The van der Waals surface area contributed by atoms with Crippen LogP contribution in [0.2, 0.25) is 0 Å². The largest absolute Gasteiger partial charge is 0.480 e. The van der Waals surface area contributed by atoms with Crippen molar-refractivity contribution in [1.29, 1.82) is 0 Å². The van der Waals surface area contributed by atoms with Crippen LogP contribution in [-0.2, 0) is 6.54 Å². The molecular weight excluding hydrogens is 272 g/mol. The second kappa shape index (κ2) is 6.26. The molecule has 2 atom stereocenters. The Kier molecular flexibility index (Phi) is 4.62. The van der Waals surface area contributed by atoms with Gasteiger partial charge in [-0.1, -0.05) is 20.3 Å².